The zero-order valence-corrected chi connectivity index (χ0v) is 14.3. The summed E-state index contributed by atoms with van der Waals surface area (Å²) < 4.78 is 13.4. The number of carbonyl (C=O) groups excluding carboxylic acids is 2. The lowest BCUT2D eigenvalue weighted by atomic mass is 10.1. The third-order valence-corrected chi connectivity index (χ3v) is 5.20. The predicted molar refractivity (Wildman–Crippen MR) is 90.2 cm³/mol. The number of nitrogens with zero attached hydrogens (tertiary/aromatic N) is 2. The number of rotatable bonds is 2. The smallest absolute Gasteiger partial charge is 0.253 e. The number of benzene rings is 1. The molecule has 5 heteroatoms. The lowest BCUT2D eigenvalue weighted by Gasteiger charge is -2.24. The molecule has 1 aliphatic heterocycles. The van der Waals surface area contributed by atoms with Gasteiger partial charge in [-0.05, 0) is 49.9 Å². The van der Waals surface area contributed by atoms with E-state index in [1.165, 1.54) is 12.1 Å². The van der Waals surface area contributed by atoms with Crippen LogP contribution in [-0.4, -0.2) is 47.8 Å². The molecule has 0 bridgehead atoms. The summed E-state index contributed by atoms with van der Waals surface area (Å²) in [5.74, 6) is 0.0791. The van der Waals surface area contributed by atoms with Crippen molar-refractivity contribution in [1.82, 2.24) is 9.80 Å². The Kier molecular flexibility index (Phi) is 5.17. The summed E-state index contributed by atoms with van der Waals surface area (Å²) in [6, 6.07) is 4.48. The van der Waals surface area contributed by atoms with Gasteiger partial charge in [0.25, 0.3) is 5.91 Å². The zero-order valence-electron chi connectivity index (χ0n) is 14.3. The summed E-state index contributed by atoms with van der Waals surface area (Å²) in [7, 11) is 0. The van der Waals surface area contributed by atoms with Crippen molar-refractivity contribution in [2.45, 2.75) is 39.0 Å². The number of aryl methyl sites for hydroxylation is 1. The first-order chi connectivity index (χ1) is 11.6. The van der Waals surface area contributed by atoms with Crippen LogP contribution in [-0.2, 0) is 4.79 Å². The van der Waals surface area contributed by atoms with Crippen molar-refractivity contribution in [2.24, 2.45) is 5.92 Å². The second-order valence-corrected chi connectivity index (χ2v) is 6.92. The molecule has 0 atom stereocenters. The topological polar surface area (TPSA) is 40.6 Å². The first-order valence-corrected chi connectivity index (χ1v) is 8.90. The summed E-state index contributed by atoms with van der Waals surface area (Å²) in [5.41, 5.74) is 0.998. The number of hydrogen-bond donors (Lipinski definition) is 0. The molecule has 0 aromatic heterocycles. The molecule has 1 saturated heterocycles. The molecule has 3 rings (SSSR count). The Morgan fingerprint density at radius 3 is 2.38 bits per heavy atom. The molecule has 24 heavy (non-hydrogen) atoms. The molecule has 0 unspecified atom stereocenters. The van der Waals surface area contributed by atoms with Gasteiger partial charge in [0.15, 0.2) is 0 Å². The van der Waals surface area contributed by atoms with Crippen LogP contribution in [0, 0.1) is 18.7 Å². The van der Waals surface area contributed by atoms with Crippen molar-refractivity contribution in [2.75, 3.05) is 26.2 Å². The van der Waals surface area contributed by atoms with Crippen LogP contribution in [0.4, 0.5) is 4.39 Å². The monoisotopic (exact) mass is 332 g/mol. The molecular weight excluding hydrogens is 307 g/mol. The minimum atomic E-state index is -0.296. The second kappa shape index (κ2) is 7.32. The van der Waals surface area contributed by atoms with Crippen LogP contribution in [0.2, 0.25) is 0 Å². The van der Waals surface area contributed by atoms with E-state index in [9.17, 15) is 14.0 Å². The van der Waals surface area contributed by atoms with E-state index in [2.05, 4.69) is 0 Å². The Balaban J connectivity index is 1.63. The lowest BCUT2D eigenvalue weighted by molar-refractivity contribution is -0.135. The van der Waals surface area contributed by atoms with Crippen LogP contribution < -0.4 is 0 Å². The van der Waals surface area contributed by atoms with E-state index in [1.807, 2.05) is 4.90 Å². The fraction of sp³-hybridized carbons (Fsp3) is 0.579. The average Bonchev–Trinajstić information content (AvgIpc) is 3.00. The molecule has 1 heterocycles. The van der Waals surface area contributed by atoms with Gasteiger partial charge in [-0.25, -0.2) is 4.39 Å². The van der Waals surface area contributed by atoms with Crippen molar-refractivity contribution in [1.29, 1.82) is 0 Å². The first-order valence-electron chi connectivity index (χ1n) is 8.90. The molecule has 0 radical (unpaired) electrons. The normalized spacial score (nSPS) is 19.4. The largest absolute Gasteiger partial charge is 0.341 e. The van der Waals surface area contributed by atoms with Crippen molar-refractivity contribution in [3.8, 4) is 0 Å². The third-order valence-electron chi connectivity index (χ3n) is 5.20. The maximum absolute atomic E-state index is 13.4. The SMILES string of the molecule is Cc1cc(C(=O)N2CCCN(C(=O)C3CCCC3)CC2)ccc1F. The molecule has 130 valence electrons. The van der Waals surface area contributed by atoms with E-state index in [0.29, 0.717) is 30.8 Å². The van der Waals surface area contributed by atoms with Gasteiger partial charge in [0.05, 0.1) is 0 Å². The first kappa shape index (κ1) is 16.9. The van der Waals surface area contributed by atoms with E-state index in [-0.39, 0.29) is 23.5 Å². The highest BCUT2D eigenvalue weighted by Crippen LogP contribution is 2.27. The summed E-state index contributed by atoms with van der Waals surface area (Å²) >= 11 is 0. The van der Waals surface area contributed by atoms with Crippen LogP contribution in [0.25, 0.3) is 0 Å². The van der Waals surface area contributed by atoms with Gasteiger partial charge in [0.1, 0.15) is 5.82 Å². The minimum absolute atomic E-state index is 0.0757. The van der Waals surface area contributed by atoms with Gasteiger partial charge in [-0.2, -0.15) is 0 Å². The highest BCUT2D eigenvalue weighted by Gasteiger charge is 2.29. The van der Waals surface area contributed by atoms with Crippen molar-refractivity contribution < 1.29 is 14.0 Å². The van der Waals surface area contributed by atoms with Crippen molar-refractivity contribution in [3.63, 3.8) is 0 Å². The molecule has 2 amide bonds. The van der Waals surface area contributed by atoms with Crippen LogP contribution >= 0.6 is 0 Å². The van der Waals surface area contributed by atoms with Crippen molar-refractivity contribution in [3.05, 3.63) is 35.1 Å². The number of halogens is 1. The Bertz CT molecular complexity index is 626. The Labute approximate surface area is 142 Å². The van der Waals surface area contributed by atoms with Gasteiger partial charge in [-0.1, -0.05) is 12.8 Å². The van der Waals surface area contributed by atoms with Crippen LogP contribution in [0.5, 0.6) is 0 Å². The highest BCUT2D eigenvalue weighted by atomic mass is 19.1. The molecule has 1 aliphatic carbocycles. The van der Waals surface area contributed by atoms with Gasteiger partial charge >= 0.3 is 0 Å². The molecule has 2 aliphatic rings. The van der Waals surface area contributed by atoms with E-state index in [4.69, 9.17) is 0 Å². The fourth-order valence-corrected chi connectivity index (χ4v) is 3.73. The number of carbonyl (C=O) groups is 2. The Morgan fingerprint density at radius 2 is 1.67 bits per heavy atom. The van der Waals surface area contributed by atoms with Crippen LogP contribution in [0.15, 0.2) is 18.2 Å². The predicted octanol–water partition coefficient (Wildman–Crippen LogP) is 3.00. The number of amides is 2. The van der Waals surface area contributed by atoms with E-state index >= 15 is 0 Å². The molecule has 1 saturated carbocycles. The Morgan fingerprint density at radius 1 is 1.00 bits per heavy atom. The maximum atomic E-state index is 13.4. The average molecular weight is 332 g/mol. The number of hydrogen-bond acceptors (Lipinski definition) is 2. The van der Waals surface area contributed by atoms with Gasteiger partial charge in [0.2, 0.25) is 5.91 Å². The molecular formula is C19H25FN2O2. The maximum Gasteiger partial charge on any atom is 0.253 e. The summed E-state index contributed by atoms with van der Waals surface area (Å²) in [4.78, 5) is 28.9. The second-order valence-electron chi connectivity index (χ2n) is 6.92. The molecule has 1 aromatic carbocycles. The lowest BCUT2D eigenvalue weighted by Crippen LogP contribution is -2.39. The summed E-state index contributed by atoms with van der Waals surface area (Å²) in [6.45, 7) is 4.18. The van der Waals surface area contributed by atoms with E-state index < -0.39 is 0 Å². The fourth-order valence-electron chi connectivity index (χ4n) is 3.73. The molecule has 4 nitrogen and oxygen atoms in total. The highest BCUT2D eigenvalue weighted by molar-refractivity contribution is 5.94. The quantitative estimate of drug-likeness (QED) is 0.835. The van der Waals surface area contributed by atoms with Gasteiger partial charge < -0.3 is 9.80 Å². The van der Waals surface area contributed by atoms with Crippen LogP contribution in [0.1, 0.15) is 48.0 Å². The van der Waals surface area contributed by atoms with Crippen LogP contribution in [0.3, 0.4) is 0 Å². The van der Waals surface area contributed by atoms with E-state index in [0.717, 1.165) is 38.6 Å². The molecule has 0 N–H and O–H groups in total. The van der Waals surface area contributed by atoms with Gasteiger partial charge in [0, 0.05) is 37.7 Å². The standard InChI is InChI=1S/C19H25FN2O2/c1-14-13-16(7-8-17(14)20)19(24)22-10-4-9-21(11-12-22)18(23)15-5-2-3-6-15/h7-8,13,15H,2-6,9-12H2,1H3. The molecule has 1 aromatic rings. The molecule has 0 spiro atoms. The Hall–Kier alpha value is -1.91. The zero-order chi connectivity index (χ0) is 17.1. The van der Waals surface area contributed by atoms with Gasteiger partial charge in [-0.3, -0.25) is 9.59 Å². The third kappa shape index (κ3) is 3.60. The summed E-state index contributed by atoms with van der Waals surface area (Å²) in [5, 5.41) is 0. The molecule has 2 fully saturated rings. The summed E-state index contributed by atoms with van der Waals surface area (Å²) in [6.07, 6.45) is 5.11. The van der Waals surface area contributed by atoms with Crippen molar-refractivity contribution >= 4 is 11.8 Å². The minimum Gasteiger partial charge on any atom is -0.341 e. The van der Waals surface area contributed by atoms with E-state index in [1.54, 1.807) is 17.9 Å². The van der Waals surface area contributed by atoms with Gasteiger partial charge in [-0.15, -0.1) is 0 Å².